The Balaban J connectivity index is 1.30. The predicted octanol–water partition coefficient (Wildman–Crippen LogP) is 4.06. The van der Waals surface area contributed by atoms with Crippen LogP contribution in [0.1, 0.15) is 38.2 Å². The Morgan fingerprint density at radius 1 is 1.07 bits per heavy atom. The monoisotopic (exact) mass is 406 g/mol. The maximum Gasteiger partial charge on any atom is 0.263 e. The van der Waals surface area contributed by atoms with E-state index in [1.165, 1.54) is 5.56 Å². The highest BCUT2D eigenvalue weighted by atomic mass is 16.5. The summed E-state index contributed by atoms with van der Waals surface area (Å²) in [6.07, 6.45) is 4.08. The molecule has 0 aliphatic carbocycles. The Labute approximate surface area is 178 Å². The van der Waals surface area contributed by atoms with Gasteiger partial charge in [-0.1, -0.05) is 36.4 Å². The molecule has 0 N–H and O–H groups in total. The van der Waals surface area contributed by atoms with Crippen molar-refractivity contribution in [1.82, 2.24) is 4.90 Å². The number of benzene rings is 2. The zero-order chi connectivity index (χ0) is 20.9. The molecule has 4 rings (SSSR count). The van der Waals surface area contributed by atoms with Gasteiger partial charge in [0.25, 0.3) is 5.91 Å². The number of hydrogen-bond acceptors (Lipinski definition) is 3. The van der Waals surface area contributed by atoms with Crippen LogP contribution in [0.3, 0.4) is 0 Å². The van der Waals surface area contributed by atoms with Gasteiger partial charge in [0.15, 0.2) is 6.10 Å². The van der Waals surface area contributed by atoms with Crippen LogP contribution in [0.15, 0.2) is 54.6 Å². The van der Waals surface area contributed by atoms with Gasteiger partial charge in [-0.3, -0.25) is 9.59 Å². The van der Waals surface area contributed by atoms with Gasteiger partial charge in [-0.15, -0.1) is 0 Å². The molecule has 0 aromatic heterocycles. The lowest BCUT2D eigenvalue weighted by atomic mass is 9.90. The fraction of sp³-hybridized carbons (Fsp3) is 0.440. The van der Waals surface area contributed by atoms with E-state index < -0.39 is 6.10 Å². The van der Waals surface area contributed by atoms with Crippen LogP contribution < -0.4 is 9.64 Å². The van der Waals surface area contributed by atoms with E-state index in [1.54, 1.807) is 4.90 Å². The summed E-state index contributed by atoms with van der Waals surface area (Å²) in [5, 5.41) is 0. The van der Waals surface area contributed by atoms with Gasteiger partial charge in [0.2, 0.25) is 5.91 Å². The third kappa shape index (κ3) is 4.84. The van der Waals surface area contributed by atoms with Gasteiger partial charge in [-0.25, -0.2) is 0 Å². The smallest absolute Gasteiger partial charge is 0.263 e. The number of carbonyl (C=O) groups excluding carboxylic acids is 2. The molecule has 0 radical (unpaired) electrons. The molecule has 2 aliphatic rings. The molecular formula is C25H30N2O3. The number of ether oxygens (including phenoxy) is 1. The molecule has 2 fully saturated rings. The molecule has 158 valence electrons. The molecule has 0 spiro atoms. The van der Waals surface area contributed by atoms with E-state index >= 15 is 0 Å². The first-order valence-electron chi connectivity index (χ1n) is 11.0. The SMILES string of the molecule is C[C@H](Oc1cccc(N2CCCC2=O)c1)C(=O)N1CCC(Cc2ccccc2)CC1. The molecule has 5 nitrogen and oxygen atoms in total. The van der Waals surface area contributed by atoms with Crippen LogP contribution in [-0.2, 0) is 16.0 Å². The highest BCUT2D eigenvalue weighted by Crippen LogP contribution is 2.27. The second kappa shape index (κ2) is 9.33. The minimum Gasteiger partial charge on any atom is -0.481 e. The van der Waals surface area contributed by atoms with Crippen LogP contribution in [0.25, 0.3) is 0 Å². The Bertz CT molecular complexity index is 875. The first kappa shape index (κ1) is 20.5. The molecule has 0 unspecified atom stereocenters. The maximum atomic E-state index is 12.9. The summed E-state index contributed by atoms with van der Waals surface area (Å²) in [6.45, 7) is 4.12. The summed E-state index contributed by atoms with van der Waals surface area (Å²) in [5.41, 5.74) is 2.21. The van der Waals surface area contributed by atoms with E-state index in [9.17, 15) is 9.59 Å². The summed E-state index contributed by atoms with van der Waals surface area (Å²) in [5.74, 6) is 1.44. The zero-order valence-electron chi connectivity index (χ0n) is 17.6. The van der Waals surface area contributed by atoms with Crippen molar-refractivity contribution in [3.63, 3.8) is 0 Å². The molecule has 2 aromatic rings. The van der Waals surface area contributed by atoms with Crippen molar-refractivity contribution >= 4 is 17.5 Å². The number of piperidine rings is 1. The van der Waals surface area contributed by atoms with Crippen LogP contribution in [-0.4, -0.2) is 42.5 Å². The van der Waals surface area contributed by atoms with Crippen molar-refractivity contribution in [2.24, 2.45) is 5.92 Å². The van der Waals surface area contributed by atoms with Crippen molar-refractivity contribution in [3.05, 3.63) is 60.2 Å². The van der Waals surface area contributed by atoms with Gasteiger partial charge in [0.05, 0.1) is 0 Å². The molecule has 2 amide bonds. The number of likely N-dealkylation sites (tertiary alicyclic amines) is 1. The quantitative estimate of drug-likeness (QED) is 0.727. The fourth-order valence-electron chi connectivity index (χ4n) is 4.46. The summed E-state index contributed by atoms with van der Waals surface area (Å²) in [7, 11) is 0. The predicted molar refractivity (Wildman–Crippen MR) is 118 cm³/mol. The molecule has 30 heavy (non-hydrogen) atoms. The van der Waals surface area contributed by atoms with E-state index in [1.807, 2.05) is 42.2 Å². The van der Waals surface area contributed by atoms with Crippen LogP contribution in [0.5, 0.6) is 5.75 Å². The normalized spacial score (nSPS) is 18.5. The molecule has 1 atom stereocenters. The van der Waals surface area contributed by atoms with E-state index in [-0.39, 0.29) is 11.8 Å². The summed E-state index contributed by atoms with van der Waals surface area (Å²) >= 11 is 0. The van der Waals surface area contributed by atoms with E-state index in [4.69, 9.17) is 4.74 Å². The maximum absolute atomic E-state index is 12.9. The van der Waals surface area contributed by atoms with Gasteiger partial charge in [0, 0.05) is 37.8 Å². The average Bonchev–Trinajstić information content (AvgIpc) is 3.20. The van der Waals surface area contributed by atoms with E-state index in [2.05, 4.69) is 24.3 Å². The molecule has 0 bridgehead atoms. The van der Waals surface area contributed by atoms with Crippen LogP contribution in [0.4, 0.5) is 5.69 Å². The lowest BCUT2D eigenvalue weighted by Crippen LogP contribution is -2.45. The first-order valence-corrected chi connectivity index (χ1v) is 11.0. The summed E-state index contributed by atoms with van der Waals surface area (Å²) in [6, 6.07) is 18.1. The molecule has 2 aliphatic heterocycles. The van der Waals surface area contributed by atoms with Gasteiger partial charge >= 0.3 is 0 Å². The molecule has 2 heterocycles. The summed E-state index contributed by atoms with van der Waals surface area (Å²) < 4.78 is 5.96. The second-order valence-corrected chi connectivity index (χ2v) is 8.36. The largest absolute Gasteiger partial charge is 0.481 e. The minimum absolute atomic E-state index is 0.0378. The Morgan fingerprint density at radius 2 is 1.83 bits per heavy atom. The van der Waals surface area contributed by atoms with Crippen molar-refractivity contribution in [2.45, 2.75) is 45.1 Å². The van der Waals surface area contributed by atoms with Gasteiger partial charge in [0.1, 0.15) is 5.75 Å². The number of carbonyl (C=O) groups is 2. The van der Waals surface area contributed by atoms with Gasteiger partial charge in [-0.05, 0) is 56.2 Å². The van der Waals surface area contributed by atoms with Crippen molar-refractivity contribution in [1.29, 1.82) is 0 Å². The van der Waals surface area contributed by atoms with Crippen LogP contribution in [0.2, 0.25) is 0 Å². The zero-order valence-corrected chi connectivity index (χ0v) is 17.6. The molecule has 0 saturated carbocycles. The van der Waals surface area contributed by atoms with Crippen molar-refractivity contribution < 1.29 is 14.3 Å². The average molecular weight is 407 g/mol. The number of hydrogen-bond donors (Lipinski definition) is 0. The minimum atomic E-state index is -0.541. The Kier molecular flexibility index (Phi) is 6.36. The van der Waals surface area contributed by atoms with E-state index in [0.717, 1.165) is 51.0 Å². The summed E-state index contributed by atoms with van der Waals surface area (Å²) in [4.78, 5) is 28.6. The van der Waals surface area contributed by atoms with Gasteiger partial charge < -0.3 is 14.5 Å². The van der Waals surface area contributed by atoms with Crippen LogP contribution >= 0.6 is 0 Å². The number of rotatable bonds is 6. The highest BCUT2D eigenvalue weighted by molar-refractivity contribution is 5.95. The fourth-order valence-corrected chi connectivity index (χ4v) is 4.46. The highest BCUT2D eigenvalue weighted by Gasteiger charge is 2.27. The van der Waals surface area contributed by atoms with E-state index in [0.29, 0.717) is 18.1 Å². The Hall–Kier alpha value is -2.82. The van der Waals surface area contributed by atoms with Crippen molar-refractivity contribution in [2.75, 3.05) is 24.5 Å². The number of amides is 2. The van der Waals surface area contributed by atoms with Crippen molar-refractivity contribution in [3.8, 4) is 5.75 Å². The third-order valence-corrected chi connectivity index (χ3v) is 6.16. The lowest BCUT2D eigenvalue weighted by Gasteiger charge is -2.33. The van der Waals surface area contributed by atoms with Crippen LogP contribution in [0, 0.1) is 5.92 Å². The number of nitrogens with zero attached hydrogens (tertiary/aromatic N) is 2. The first-order chi connectivity index (χ1) is 14.6. The topological polar surface area (TPSA) is 49.9 Å². The molecule has 5 heteroatoms. The standard InChI is InChI=1S/C25H30N2O3/c1-19(30-23-10-5-9-22(18-23)27-14-6-11-24(27)28)25(29)26-15-12-21(13-16-26)17-20-7-3-2-4-8-20/h2-5,7-10,18-19,21H,6,11-17H2,1H3/t19-/m0/s1. The molecule has 2 saturated heterocycles. The lowest BCUT2D eigenvalue weighted by molar-refractivity contribution is -0.139. The molecular weight excluding hydrogens is 376 g/mol. The Morgan fingerprint density at radius 3 is 2.53 bits per heavy atom. The third-order valence-electron chi connectivity index (χ3n) is 6.16. The molecule has 2 aromatic carbocycles. The van der Waals surface area contributed by atoms with Gasteiger partial charge in [-0.2, -0.15) is 0 Å². The number of anilines is 1. The second-order valence-electron chi connectivity index (χ2n) is 8.36.